The predicted octanol–water partition coefficient (Wildman–Crippen LogP) is 1.60. The zero-order valence-corrected chi connectivity index (χ0v) is 12.6. The Hall–Kier alpha value is -3.01. The van der Waals surface area contributed by atoms with Crippen molar-refractivity contribution in [3.8, 4) is 11.5 Å². The van der Waals surface area contributed by atoms with Crippen molar-refractivity contribution >= 4 is 19.2 Å². The summed E-state index contributed by atoms with van der Waals surface area (Å²) >= 11 is 0. The van der Waals surface area contributed by atoms with Gasteiger partial charge in [0, 0.05) is 24.3 Å². The Labute approximate surface area is 134 Å². The fourth-order valence-electron chi connectivity index (χ4n) is 1.53. The maximum Gasteiger partial charge on any atom is 0.372 e. The van der Waals surface area contributed by atoms with E-state index in [2.05, 4.69) is 9.05 Å². The SMILES string of the molecule is O.O=[N+]([O-])c1ccc(OP(=O)([O-])Oc2ccc([N+](=O)[O-])cc2)cc1. The molecule has 24 heavy (non-hydrogen) atoms. The molecule has 0 aliphatic carbocycles. The Bertz CT molecular complexity index is 713. The van der Waals surface area contributed by atoms with E-state index >= 15 is 0 Å². The summed E-state index contributed by atoms with van der Waals surface area (Å²) in [7, 11) is -4.80. The van der Waals surface area contributed by atoms with Gasteiger partial charge in [-0.1, -0.05) is 0 Å². The van der Waals surface area contributed by atoms with E-state index in [9.17, 15) is 29.7 Å². The van der Waals surface area contributed by atoms with E-state index in [0.29, 0.717) is 0 Å². The van der Waals surface area contributed by atoms with Crippen molar-refractivity contribution in [1.82, 2.24) is 0 Å². The second-order valence-electron chi connectivity index (χ2n) is 4.13. The van der Waals surface area contributed by atoms with Crippen LogP contribution in [0.5, 0.6) is 11.5 Å². The van der Waals surface area contributed by atoms with E-state index in [4.69, 9.17) is 0 Å². The fourth-order valence-corrected chi connectivity index (χ4v) is 2.33. The summed E-state index contributed by atoms with van der Waals surface area (Å²) in [6.45, 7) is 0. The number of hydrogen-bond donors (Lipinski definition) is 0. The van der Waals surface area contributed by atoms with Gasteiger partial charge in [0.25, 0.3) is 11.4 Å². The van der Waals surface area contributed by atoms with Crippen LogP contribution >= 0.6 is 7.82 Å². The van der Waals surface area contributed by atoms with E-state index < -0.39 is 17.7 Å². The van der Waals surface area contributed by atoms with Crippen LogP contribution in [0, 0.1) is 20.2 Å². The molecule has 0 atom stereocenters. The number of nitro groups is 2. The van der Waals surface area contributed by atoms with Crippen molar-refractivity contribution in [1.29, 1.82) is 0 Å². The average molecular weight is 357 g/mol. The van der Waals surface area contributed by atoms with Crippen LogP contribution in [0.25, 0.3) is 0 Å². The quantitative estimate of drug-likeness (QED) is 0.425. The molecule has 0 unspecified atom stereocenters. The lowest BCUT2D eigenvalue weighted by Gasteiger charge is -2.23. The molecular weight excluding hydrogens is 347 g/mol. The molecule has 0 radical (unpaired) electrons. The highest BCUT2D eigenvalue weighted by Gasteiger charge is 2.15. The number of nitrogens with zero attached hydrogens (tertiary/aromatic N) is 2. The van der Waals surface area contributed by atoms with Crippen molar-refractivity contribution in [2.45, 2.75) is 0 Å². The number of phosphoric acid groups is 1. The van der Waals surface area contributed by atoms with Gasteiger partial charge in [-0.2, -0.15) is 0 Å². The molecule has 0 heterocycles. The molecule has 11 nitrogen and oxygen atoms in total. The van der Waals surface area contributed by atoms with Crippen molar-refractivity contribution < 1.29 is 33.8 Å². The second kappa shape index (κ2) is 7.51. The first-order chi connectivity index (χ1) is 10.8. The summed E-state index contributed by atoms with van der Waals surface area (Å²) in [5.41, 5.74) is -0.455. The molecule has 2 N–H and O–H groups in total. The summed E-state index contributed by atoms with van der Waals surface area (Å²) in [4.78, 5) is 31.4. The Morgan fingerprint density at radius 2 is 1.04 bits per heavy atom. The van der Waals surface area contributed by atoms with Crippen LogP contribution in [0.4, 0.5) is 11.4 Å². The topological polar surface area (TPSA) is 176 Å². The van der Waals surface area contributed by atoms with Gasteiger partial charge in [0.15, 0.2) is 0 Å². The van der Waals surface area contributed by atoms with E-state index in [1.54, 1.807) is 0 Å². The summed E-state index contributed by atoms with van der Waals surface area (Å²) < 4.78 is 21.0. The number of hydrogen-bond acceptors (Lipinski definition) is 8. The normalized spacial score (nSPS) is 10.4. The molecule has 0 saturated carbocycles. The molecule has 0 spiro atoms. The molecule has 0 amide bonds. The van der Waals surface area contributed by atoms with Gasteiger partial charge in [-0.05, 0) is 24.3 Å². The highest BCUT2D eigenvalue weighted by atomic mass is 31.2. The average Bonchev–Trinajstić information content (AvgIpc) is 2.47. The van der Waals surface area contributed by atoms with Crippen LogP contribution < -0.4 is 13.9 Å². The molecule has 128 valence electrons. The largest absolute Gasteiger partial charge is 0.736 e. The van der Waals surface area contributed by atoms with Crippen LogP contribution in [0.3, 0.4) is 0 Å². The fraction of sp³-hybridized carbons (Fsp3) is 0. The standard InChI is InChI=1S/C12H9N2O8P.H2O/c15-13(16)9-1-5-11(6-2-9)21-23(19,20)22-12-7-3-10(4-8-12)14(17)18;/h1-8H,(H,19,20);1H2/p-1. The van der Waals surface area contributed by atoms with Crippen molar-refractivity contribution in [3.05, 3.63) is 68.8 Å². The van der Waals surface area contributed by atoms with Gasteiger partial charge < -0.3 is 19.4 Å². The zero-order chi connectivity index (χ0) is 17.0. The third kappa shape index (κ3) is 5.02. The third-order valence-electron chi connectivity index (χ3n) is 2.53. The molecule has 2 aromatic carbocycles. The second-order valence-corrected chi connectivity index (χ2v) is 5.39. The van der Waals surface area contributed by atoms with Crippen LogP contribution in [0.15, 0.2) is 48.5 Å². The van der Waals surface area contributed by atoms with E-state index in [0.717, 1.165) is 48.5 Å². The van der Waals surface area contributed by atoms with E-state index in [-0.39, 0.29) is 28.3 Å². The minimum atomic E-state index is -4.80. The minimum absolute atomic E-state index is 0. The molecule has 0 aliphatic rings. The molecule has 2 rings (SSSR count). The summed E-state index contributed by atoms with van der Waals surface area (Å²) in [6.07, 6.45) is 0. The Kier molecular flexibility index (Phi) is 5.95. The molecule has 0 bridgehead atoms. The number of phosphoric ester groups is 1. The van der Waals surface area contributed by atoms with Crippen LogP contribution in [-0.2, 0) is 4.57 Å². The maximum atomic E-state index is 11.7. The number of non-ortho nitro benzene ring substituents is 2. The first kappa shape index (κ1) is 19.0. The Balaban J connectivity index is 0.00000288. The Morgan fingerprint density at radius 3 is 1.29 bits per heavy atom. The summed E-state index contributed by atoms with van der Waals surface area (Å²) in [6, 6.07) is 8.68. The highest BCUT2D eigenvalue weighted by molar-refractivity contribution is 7.46. The molecule has 0 saturated heterocycles. The number of rotatable bonds is 6. The first-order valence-corrected chi connectivity index (χ1v) is 7.42. The lowest BCUT2D eigenvalue weighted by molar-refractivity contribution is -0.385. The number of nitro benzene ring substituents is 2. The molecular formula is C12H10N2O9P-. The molecule has 0 aliphatic heterocycles. The van der Waals surface area contributed by atoms with Gasteiger partial charge >= 0.3 is 7.82 Å². The zero-order valence-electron chi connectivity index (χ0n) is 11.7. The monoisotopic (exact) mass is 357 g/mol. The smallest absolute Gasteiger partial charge is 0.372 e. The molecule has 0 aromatic heterocycles. The molecule has 0 fully saturated rings. The predicted molar refractivity (Wildman–Crippen MR) is 78.7 cm³/mol. The molecule has 2 aromatic rings. The van der Waals surface area contributed by atoms with E-state index in [1.165, 1.54) is 0 Å². The Morgan fingerprint density at radius 1 is 0.750 bits per heavy atom. The lowest BCUT2D eigenvalue weighted by atomic mass is 10.3. The summed E-state index contributed by atoms with van der Waals surface area (Å²) in [5.74, 6) is -0.341. The number of benzene rings is 2. The van der Waals surface area contributed by atoms with Gasteiger partial charge in [-0.3, -0.25) is 20.2 Å². The van der Waals surface area contributed by atoms with E-state index in [1.807, 2.05) is 0 Å². The first-order valence-electron chi connectivity index (χ1n) is 5.96. The van der Waals surface area contributed by atoms with Crippen molar-refractivity contribution in [2.75, 3.05) is 0 Å². The van der Waals surface area contributed by atoms with Crippen LogP contribution in [0.2, 0.25) is 0 Å². The van der Waals surface area contributed by atoms with Gasteiger partial charge in [-0.15, -0.1) is 0 Å². The third-order valence-corrected chi connectivity index (χ3v) is 3.40. The van der Waals surface area contributed by atoms with Crippen LogP contribution in [0.1, 0.15) is 0 Å². The summed E-state index contributed by atoms with van der Waals surface area (Å²) in [5, 5.41) is 21.0. The van der Waals surface area contributed by atoms with Crippen molar-refractivity contribution in [2.24, 2.45) is 0 Å². The van der Waals surface area contributed by atoms with Crippen LogP contribution in [-0.4, -0.2) is 15.3 Å². The minimum Gasteiger partial charge on any atom is -0.736 e. The highest BCUT2D eigenvalue weighted by Crippen LogP contribution is 2.41. The van der Waals surface area contributed by atoms with Crippen molar-refractivity contribution in [3.63, 3.8) is 0 Å². The van der Waals surface area contributed by atoms with Gasteiger partial charge in [0.2, 0.25) is 0 Å². The lowest BCUT2D eigenvalue weighted by Crippen LogP contribution is -2.13. The van der Waals surface area contributed by atoms with Gasteiger partial charge in [0.1, 0.15) is 11.5 Å². The maximum absolute atomic E-state index is 11.7. The molecule has 12 heteroatoms. The van der Waals surface area contributed by atoms with Gasteiger partial charge in [0.05, 0.1) is 9.85 Å². The van der Waals surface area contributed by atoms with Gasteiger partial charge in [-0.25, -0.2) is 4.57 Å².